The van der Waals surface area contributed by atoms with Crippen LogP contribution in [0.1, 0.15) is 31.1 Å². The number of fused-ring (bicyclic) bond motifs is 1. The molecule has 3 rings (SSSR count). The molecule has 0 aliphatic heterocycles. The number of carbonyl (C=O) groups is 1. The quantitative estimate of drug-likeness (QED) is 0.682. The van der Waals surface area contributed by atoms with Gasteiger partial charge in [0.2, 0.25) is 0 Å². The molecule has 0 aromatic carbocycles. The minimum atomic E-state index is -0.219. The molecular weight excluding hydrogens is 288 g/mol. The summed E-state index contributed by atoms with van der Waals surface area (Å²) in [6.45, 7) is 6.07. The molecule has 3 aromatic rings. The first-order valence-corrected chi connectivity index (χ1v) is 6.98. The number of pyridine rings is 1. The Morgan fingerprint density at radius 2 is 2.05 bits per heavy atom. The SMILES string of the molecule is CC(C)(C)n1cc(C=O)c(-c2c(Cl)nc3ccccn23)n1. The second-order valence-electron chi connectivity index (χ2n) is 5.85. The van der Waals surface area contributed by atoms with E-state index in [9.17, 15) is 4.79 Å². The van der Waals surface area contributed by atoms with E-state index in [-0.39, 0.29) is 5.54 Å². The molecule has 0 aliphatic rings. The molecule has 0 atom stereocenters. The fourth-order valence-electron chi connectivity index (χ4n) is 2.18. The van der Waals surface area contributed by atoms with Gasteiger partial charge in [0.15, 0.2) is 11.4 Å². The third-order valence-corrected chi connectivity index (χ3v) is 3.53. The highest BCUT2D eigenvalue weighted by molar-refractivity contribution is 6.32. The molecule has 0 amide bonds. The molecule has 3 heterocycles. The summed E-state index contributed by atoms with van der Waals surface area (Å²) in [6.07, 6.45) is 4.39. The van der Waals surface area contributed by atoms with Crippen molar-refractivity contribution < 1.29 is 4.79 Å². The van der Waals surface area contributed by atoms with Gasteiger partial charge in [-0.3, -0.25) is 13.9 Å². The smallest absolute Gasteiger partial charge is 0.157 e. The highest BCUT2D eigenvalue weighted by Gasteiger charge is 2.23. The van der Waals surface area contributed by atoms with Crippen molar-refractivity contribution in [2.24, 2.45) is 0 Å². The first-order chi connectivity index (χ1) is 9.91. The van der Waals surface area contributed by atoms with Gasteiger partial charge < -0.3 is 0 Å². The van der Waals surface area contributed by atoms with E-state index >= 15 is 0 Å². The van der Waals surface area contributed by atoms with E-state index in [1.807, 2.05) is 49.6 Å². The molecule has 3 aromatic heterocycles. The van der Waals surface area contributed by atoms with Crippen molar-refractivity contribution in [3.05, 3.63) is 41.3 Å². The summed E-state index contributed by atoms with van der Waals surface area (Å²) in [5.74, 6) is 0. The predicted octanol–water partition coefficient (Wildman–Crippen LogP) is 3.42. The molecule has 5 nitrogen and oxygen atoms in total. The summed E-state index contributed by atoms with van der Waals surface area (Å²) in [5.41, 5.74) is 2.18. The molecule has 6 heteroatoms. The lowest BCUT2D eigenvalue weighted by Gasteiger charge is -2.18. The summed E-state index contributed by atoms with van der Waals surface area (Å²) in [4.78, 5) is 15.7. The fourth-order valence-corrected chi connectivity index (χ4v) is 2.45. The Labute approximate surface area is 127 Å². The third kappa shape index (κ3) is 2.23. The number of rotatable bonds is 2. The first-order valence-electron chi connectivity index (χ1n) is 6.60. The number of aldehydes is 1. The first kappa shape index (κ1) is 13.8. The Balaban J connectivity index is 2.30. The molecule has 0 unspecified atom stereocenters. The largest absolute Gasteiger partial charge is 0.298 e. The zero-order chi connectivity index (χ0) is 15.2. The topological polar surface area (TPSA) is 52.2 Å². The van der Waals surface area contributed by atoms with Crippen LogP contribution in [0, 0.1) is 0 Å². The van der Waals surface area contributed by atoms with Gasteiger partial charge in [0.1, 0.15) is 17.0 Å². The molecule has 0 aliphatic carbocycles. The molecule has 0 saturated heterocycles. The van der Waals surface area contributed by atoms with Gasteiger partial charge in [0.05, 0.1) is 11.1 Å². The monoisotopic (exact) mass is 302 g/mol. The van der Waals surface area contributed by atoms with Crippen molar-refractivity contribution in [1.29, 1.82) is 0 Å². The Morgan fingerprint density at radius 1 is 1.29 bits per heavy atom. The summed E-state index contributed by atoms with van der Waals surface area (Å²) < 4.78 is 3.61. The number of nitrogens with zero attached hydrogens (tertiary/aromatic N) is 4. The van der Waals surface area contributed by atoms with Crippen molar-refractivity contribution in [1.82, 2.24) is 19.2 Å². The highest BCUT2D eigenvalue weighted by Crippen LogP contribution is 2.30. The predicted molar refractivity (Wildman–Crippen MR) is 81.8 cm³/mol. The van der Waals surface area contributed by atoms with E-state index in [1.54, 1.807) is 10.9 Å². The molecule has 0 bridgehead atoms. The lowest BCUT2D eigenvalue weighted by Crippen LogP contribution is -2.22. The van der Waals surface area contributed by atoms with Crippen LogP contribution in [-0.4, -0.2) is 25.5 Å². The van der Waals surface area contributed by atoms with Crippen molar-refractivity contribution in [2.75, 3.05) is 0 Å². The molecule has 0 N–H and O–H groups in total. The van der Waals surface area contributed by atoms with Gasteiger partial charge in [-0.1, -0.05) is 17.7 Å². The minimum Gasteiger partial charge on any atom is -0.298 e. The van der Waals surface area contributed by atoms with E-state index in [0.29, 0.717) is 22.1 Å². The number of aromatic nitrogens is 4. The highest BCUT2D eigenvalue weighted by atomic mass is 35.5. The second kappa shape index (κ2) is 4.70. The Hall–Kier alpha value is -2.14. The van der Waals surface area contributed by atoms with Crippen LogP contribution in [-0.2, 0) is 5.54 Å². The van der Waals surface area contributed by atoms with Crippen LogP contribution in [0.15, 0.2) is 30.6 Å². The normalized spacial score (nSPS) is 12.0. The van der Waals surface area contributed by atoms with Gasteiger partial charge in [-0.2, -0.15) is 5.10 Å². The second-order valence-corrected chi connectivity index (χ2v) is 6.20. The van der Waals surface area contributed by atoms with E-state index in [1.165, 1.54) is 0 Å². The number of hydrogen-bond donors (Lipinski definition) is 0. The summed E-state index contributed by atoms with van der Waals surface area (Å²) in [5, 5.41) is 4.88. The van der Waals surface area contributed by atoms with Crippen LogP contribution in [0.2, 0.25) is 5.15 Å². The number of hydrogen-bond acceptors (Lipinski definition) is 3. The van der Waals surface area contributed by atoms with Crippen LogP contribution < -0.4 is 0 Å². The Kier molecular flexibility index (Phi) is 3.10. The van der Waals surface area contributed by atoms with Crippen LogP contribution in [0.4, 0.5) is 0 Å². The number of halogens is 1. The lowest BCUT2D eigenvalue weighted by molar-refractivity contribution is 0.112. The number of imidazole rings is 1. The van der Waals surface area contributed by atoms with Crippen LogP contribution in [0.3, 0.4) is 0 Å². The molecule has 21 heavy (non-hydrogen) atoms. The van der Waals surface area contributed by atoms with E-state index in [0.717, 1.165) is 11.9 Å². The Bertz CT molecular complexity index is 826. The minimum absolute atomic E-state index is 0.219. The van der Waals surface area contributed by atoms with Gasteiger partial charge in [0, 0.05) is 12.4 Å². The summed E-state index contributed by atoms with van der Waals surface area (Å²) in [6, 6.07) is 5.63. The summed E-state index contributed by atoms with van der Waals surface area (Å²) in [7, 11) is 0. The molecule has 0 fully saturated rings. The maximum Gasteiger partial charge on any atom is 0.157 e. The molecule has 0 saturated carbocycles. The average Bonchev–Trinajstić information content (AvgIpc) is 2.97. The van der Waals surface area contributed by atoms with Crippen molar-refractivity contribution in [2.45, 2.75) is 26.3 Å². The average molecular weight is 303 g/mol. The van der Waals surface area contributed by atoms with Crippen molar-refractivity contribution in [3.8, 4) is 11.4 Å². The summed E-state index contributed by atoms with van der Waals surface area (Å²) >= 11 is 6.26. The van der Waals surface area contributed by atoms with E-state index < -0.39 is 0 Å². The van der Waals surface area contributed by atoms with Crippen LogP contribution >= 0.6 is 11.6 Å². The standard InChI is InChI=1S/C15H15ClN4O/c1-15(2,3)20-8-10(9-21)12(18-20)13-14(16)17-11-6-4-5-7-19(11)13/h4-9H,1-3H3. The molecule has 108 valence electrons. The van der Waals surface area contributed by atoms with Crippen molar-refractivity contribution >= 4 is 23.5 Å². The number of carbonyl (C=O) groups excluding carboxylic acids is 1. The van der Waals surface area contributed by atoms with Crippen LogP contribution in [0.25, 0.3) is 17.0 Å². The van der Waals surface area contributed by atoms with Gasteiger partial charge in [0.25, 0.3) is 0 Å². The van der Waals surface area contributed by atoms with Gasteiger partial charge in [-0.25, -0.2) is 4.98 Å². The van der Waals surface area contributed by atoms with Gasteiger partial charge >= 0.3 is 0 Å². The van der Waals surface area contributed by atoms with Crippen molar-refractivity contribution in [3.63, 3.8) is 0 Å². The third-order valence-electron chi connectivity index (χ3n) is 3.27. The molecule has 0 radical (unpaired) electrons. The maximum atomic E-state index is 11.4. The van der Waals surface area contributed by atoms with E-state index in [2.05, 4.69) is 10.1 Å². The van der Waals surface area contributed by atoms with Gasteiger partial charge in [-0.15, -0.1) is 0 Å². The maximum absolute atomic E-state index is 11.4. The zero-order valence-electron chi connectivity index (χ0n) is 12.0. The molecular formula is C15H15ClN4O. The van der Waals surface area contributed by atoms with Gasteiger partial charge in [-0.05, 0) is 32.9 Å². The van der Waals surface area contributed by atoms with Crippen LogP contribution in [0.5, 0.6) is 0 Å². The fraction of sp³-hybridized carbons (Fsp3) is 0.267. The van der Waals surface area contributed by atoms with E-state index in [4.69, 9.17) is 11.6 Å². The molecule has 0 spiro atoms. The zero-order valence-corrected chi connectivity index (χ0v) is 12.8. The Morgan fingerprint density at radius 3 is 2.71 bits per heavy atom. The lowest BCUT2D eigenvalue weighted by atomic mass is 10.1.